The predicted molar refractivity (Wildman–Crippen MR) is 141 cm³/mol. The molecule has 2 N–H and O–H groups in total. The number of rotatable bonds is 8. The quantitative estimate of drug-likeness (QED) is 0.463. The number of hydrogen-bond donors (Lipinski definition) is 2. The maximum Gasteiger partial charge on any atom is 0.235 e. The molecule has 0 bridgehead atoms. The summed E-state index contributed by atoms with van der Waals surface area (Å²) in [6, 6.07) is 7.67. The number of methoxy groups -OCH3 is 1. The van der Waals surface area contributed by atoms with Crippen molar-refractivity contribution in [1.82, 2.24) is 25.2 Å². The second kappa shape index (κ2) is 10.2. The second-order valence-corrected chi connectivity index (χ2v) is 11.3. The van der Waals surface area contributed by atoms with E-state index in [1.54, 1.807) is 13.2 Å². The summed E-state index contributed by atoms with van der Waals surface area (Å²) in [5.74, 6) is 1.93. The Morgan fingerprint density at radius 1 is 1.30 bits per heavy atom. The molecule has 10 heteroatoms. The van der Waals surface area contributed by atoms with E-state index in [0.717, 1.165) is 36.8 Å². The van der Waals surface area contributed by atoms with Crippen molar-refractivity contribution in [1.29, 1.82) is 0 Å². The number of amides is 1. The minimum atomic E-state index is -0.309. The van der Waals surface area contributed by atoms with Gasteiger partial charge in [0.15, 0.2) is 0 Å². The summed E-state index contributed by atoms with van der Waals surface area (Å²) in [5.41, 5.74) is 3.05. The number of aromatic nitrogens is 3. The molecule has 3 aromatic heterocycles. The van der Waals surface area contributed by atoms with Crippen molar-refractivity contribution in [3.63, 3.8) is 0 Å². The topological polar surface area (TPSA) is 92.3 Å². The van der Waals surface area contributed by atoms with Crippen LogP contribution in [-0.2, 0) is 17.8 Å². The number of thioether (sulfide) groups is 1. The largest absolute Gasteiger partial charge is 0.481 e. The number of nitrogens with one attached hydrogen (secondary N) is 2. The molecule has 37 heavy (non-hydrogen) atoms. The molecule has 6 rings (SSSR count). The van der Waals surface area contributed by atoms with E-state index >= 15 is 0 Å². The van der Waals surface area contributed by atoms with Gasteiger partial charge >= 0.3 is 0 Å². The van der Waals surface area contributed by atoms with E-state index in [0.29, 0.717) is 52.9 Å². The van der Waals surface area contributed by atoms with Gasteiger partial charge in [0, 0.05) is 44.4 Å². The SMILES string of the molecule is COc1ccc2ncc(F)c(CCN3C[C@@H]4CCC[C@@]4(CNCc4ccc5c(n4)NC(=O)CS5)C3)c2n1. The van der Waals surface area contributed by atoms with E-state index in [2.05, 4.69) is 30.5 Å². The fourth-order valence-electron chi connectivity index (χ4n) is 6.23. The highest BCUT2D eigenvalue weighted by Crippen LogP contribution is 2.48. The first kappa shape index (κ1) is 24.5. The van der Waals surface area contributed by atoms with Gasteiger partial charge < -0.3 is 20.3 Å². The van der Waals surface area contributed by atoms with Crippen LogP contribution in [0.4, 0.5) is 10.2 Å². The smallest absolute Gasteiger partial charge is 0.235 e. The molecule has 1 saturated carbocycles. The number of carbonyl (C=O) groups excluding carboxylic acids is 1. The minimum absolute atomic E-state index is 0.00315. The Bertz CT molecular complexity index is 1340. The lowest BCUT2D eigenvalue weighted by Crippen LogP contribution is -2.38. The highest BCUT2D eigenvalue weighted by molar-refractivity contribution is 8.00. The van der Waals surface area contributed by atoms with E-state index in [1.165, 1.54) is 37.2 Å². The summed E-state index contributed by atoms with van der Waals surface area (Å²) < 4.78 is 20.0. The van der Waals surface area contributed by atoms with Gasteiger partial charge in [-0.1, -0.05) is 6.42 Å². The number of hydrogen-bond acceptors (Lipinski definition) is 8. The Labute approximate surface area is 219 Å². The Morgan fingerprint density at radius 3 is 3.11 bits per heavy atom. The summed E-state index contributed by atoms with van der Waals surface area (Å²) in [7, 11) is 1.57. The number of halogens is 1. The van der Waals surface area contributed by atoms with Crippen LogP contribution in [-0.4, -0.2) is 64.8 Å². The molecule has 0 unspecified atom stereocenters. The standard InChI is InChI=1S/C27H31FN6O2S/c1-36-24-7-5-21-25(33-24)19(20(28)12-30-21)8-10-34-13-17-3-2-9-27(17,16-34)15-29-11-18-4-6-22-26(31-18)32-23(35)14-37-22/h4-7,12,17,29H,2-3,8-11,13-16H2,1H3,(H,31,32,35)/t17-,27+/m0/s1. The van der Waals surface area contributed by atoms with Gasteiger partial charge in [0.25, 0.3) is 0 Å². The molecule has 194 valence electrons. The lowest BCUT2D eigenvalue weighted by atomic mass is 9.80. The van der Waals surface area contributed by atoms with E-state index in [4.69, 9.17) is 4.74 Å². The first-order chi connectivity index (χ1) is 18.0. The van der Waals surface area contributed by atoms with Crippen LogP contribution < -0.4 is 15.4 Å². The van der Waals surface area contributed by atoms with E-state index < -0.39 is 0 Å². The molecule has 5 heterocycles. The molecule has 0 aromatic carbocycles. The zero-order valence-electron chi connectivity index (χ0n) is 20.9. The fraction of sp³-hybridized carbons (Fsp3) is 0.481. The van der Waals surface area contributed by atoms with E-state index in [1.807, 2.05) is 18.2 Å². The molecule has 1 amide bonds. The third kappa shape index (κ3) is 4.89. The summed E-state index contributed by atoms with van der Waals surface area (Å²) in [6.45, 7) is 4.44. The van der Waals surface area contributed by atoms with Gasteiger partial charge in [-0.05, 0) is 48.8 Å². The highest BCUT2D eigenvalue weighted by atomic mass is 32.2. The zero-order chi connectivity index (χ0) is 25.4. The molecular weight excluding hydrogens is 491 g/mol. The number of ether oxygens (including phenoxy) is 1. The van der Waals surface area contributed by atoms with Gasteiger partial charge in [0.2, 0.25) is 11.8 Å². The summed E-state index contributed by atoms with van der Waals surface area (Å²) >= 11 is 1.53. The van der Waals surface area contributed by atoms with Gasteiger partial charge in [-0.3, -0.25) is 9.78 Å². The number of likely N-dealkylation sites (tertiary alicyclic amines) is 1. The van der Waals surface area contributed by atoms with Crippen molar-refractivity contribution < 1.29 is 13.9 Å². The van der Waals surface area contributed by atoms with Gasteiger partial charge in [0.1, 0.15) is 11.6 Å². The van der Waals surface area contributed by atoms with Crippen LogP contribution >= 0.6 is 11.8 Å². The molecule has 3 aromatic rings. The molecule has 2 fully saturated rings. The lowest BCUT2D eigenvalue weighted by Gasteiger charge is -2.29. The number of anilines is 1. The van der Waals surface area contributed by atoms with Crippen LogP contribution in [0.3, 0.4) is 0 Å². The van der Waals surface area contributed by atoms with E-state index in [9.17, 15) is 9.18 Å². The molecule has 2 atom stereocenters. The van der Waals surface area contributed by atoms with Crippen molar-refractivity contribution >= 4 is 34.5 Å². The van der Waals surface area contributed by atoms with Crippen LogP contribution in [0.2, 0.25) is 0 Å². The van der Waals surface area contributed by atoms with Gasteiger partial charge in [-0.15, -0.1) is 11.8 Å². The highest BCUT2D eigenvalue weighted by Gasteiger charge is 2.48. The predicted octanol–water partition coefficient (Wildman–Crippen LogP) is 3.65. The molecule has 2 aliphatic heterocycles. The van der Waals surface area contributed by atoms with Crippen molar-refractivity contribution in [3.05, 3.63) is 47.5 Å². The average Bonchev–Trinajstić information content (AvgIpc) is 3.44. The molecule has 8 nitrogen and oxygen atoms in total. The molecular formula is C27H31FN6O2S. The van der Waals surface area contributed by atoms with Crippen molar-refractivity contribution in [2.75, 3.05) is 44.4 Å². The third-order valence-corrected chi connectivity index (χ3v) is 9.10. The van der Waals surface area contributed by atoms with Crippen molar-refractivity contribution in [2.24, 2.45) is 11.3 Å². The first-order valence-corrected chi connectivity index (χ1v) is 13.9. The molecule has 1 aliphatic carbocycles. The van der Waals surface area contributed by atoms with Gasteiger partial charge in [-0.2, -0.15) is 0 Å². The zero-order valence-corrected chi connectivity index (χ0v) is 21.7. The van der Waals surface area contributed by atoms with Gasteiger partial charge in [0.05, 0.1) is 40.7 Å². The molecule has 3 aliphatic rings. The van der Waals surface area contributed by atoms with Crippen LogP contribution in [0.5, 0.6) is 5.88 Å². The van der Waals surface area contributed by atoms with Crippen LogP contribution in [0.15, 0.2) is 35.4 Å². The Hall–Kier alpha value is -2.82. The maximum atomic E-state index is 14.8. The number of fused-ring (bicyclic) bond motifs is 3. The summed E-state index contributed by atoms with van der Waals surface area (Å²) in [5, 5.41) is 6.54. The molecule has 0 radical (unpaired) electrons. The Kier molecular flexibility index (Phi) is 6.73. The average molecular weight is 523 g/mol. The molecule has 0 spiro atoms. The Morgan fingerprint density at radius 2 is 2.22 bits per heavy atom. The monoisotopic (exact) mass is 522 g/mol. The number of carbonyl (C=O) groups is 1. The summed E-state index contributed by atoms with van der Waals surface area (Å²) in [6.07, 6.45) is 5.59. The van der Waals surface area contributed by atoms with Crippen LogP contribution in [0.25, 0.3) is 11.0 Å². The normalized spacial score (nSPS) is 23.2. The van der Waals surface area contributed by atoms with Gasteiger partial charge in [-0.25, -0.2) is 14.4 Å². The van der Waals surface area contributed by atoms with Crippen molar-refractivity contribution in [3.8, 4) is 5.88 Å². The number of pyridine rings is 3. The van der Waals surface area contributed by atoms with Crippen LogP contribution in [0.1, 0.15) is 30.5 Å². The number of nitrogens with zero attached hydrogens (tertiary/aromatic N) is 4. The van der Waals surface area contributed by atoms with Crippen molar-refractivity contribution in [2.45, 2.75) is 37.1 Å². The first-order valence-electron chi connectivity index (χ1n) is 12.9. The summed E-state index contributed by atoms with van der Waals surface area (Å²) in [4.78, 5) is 28.6. The van der Waals surface area contributed by atoms with E-state index in [-0.39, 0.29) is 17.1 Å². The Balaban J connectivity index is 1.09. The third-order valence-electron chi connectivity index (χ3n) is 8.05. The fourth-order valence-corrected chi connectivity index (χ4v) is 6.98. The second-order valence-electron chi connectivity index (χ2n) is 10.3. The molecule has 1 saturated heterocycles. The van der Waals surface area contributed by atoms with Crippen LogP contribution in [0, 0.1) is 17.2 Å². The maximum absolute atomic E-state index is 14.8. The minimum Gasteiger partial charge on any atom is -0.481 e. The lowest BCUT2D eigenvalue weighted by molar-refractivity contribution is -0.113.